The third-order valence-electron chi connectivity index (χ3n) is 7.17. The van der Waals surface area contributed by atoms with Crippen LogP contribution in [0.2, 0.25) is 0 Å². The molecule has 3 aromatic rings. The van der Waals surface area contributed by atoms with Crippen molar-refractivity contribution in [1.29, 1.82) is 0 Å². The molecule has 0 amide bonds. The summed E-state index contributed by atoms with van der Waals surface area (Å²) in [5, 5.41) is 0. The van der Waals surface area contributed by atoms with Crippen molar-refractivity contribution in [3.8, 4) is 17.2 Å². The van der Waals surface area contributed by atoms with Gasteiger partial charge in [-0.15, -0.1) is 0 Å². The Morgan fingerprint density at radius 2 is 1.32 bits per heavy atom. The quantitative estimate of drug-likeness (QED) is 0.167. The summed E-state index contributed by atoms with van der Waals surface area (Å²) in [7, 11) is 1.61. The van der Waals surface area contributed by atoms with Crippen LogP contribution < -0.4 is 14.2 Å². The van der Waals surface area contributed by atoms with Gasteiger partial charge in [0.1, 0.15) is 17.2 Å². The predicted octanol–water partition coefficient (Wildman–Crippen LogP) is 7.60. The van der Waals surface area contributed by atoms with Crippen LogP contribution in [0.4, 0.5) is 0 Å². The highest BCUT2D eigenvalue weighted by Gasteiger charge is 2.29. The number of rotatable bonds is 9. The molecule has 5 heteroatoms. The Bertz CT molecular complexity index is 1330. The minimum absolute atomic E-state index is 0.227. The highest BCUT2D eigenvalue weighted by atomic mass is 16.5. The molecule has 0 aromatic heterocycles. The van der Waals surface area contributed by atoms with Crippen molar-refractivity contribution in [2.24, 2.45) is 5.41 Å². The summed E-state index contributed by atoms with van der Waals surface area (Å²) in [4.78, 5) is 25.0. The molecule has 0 radical (unpaired) electrons. The molecular weight excluding hydrogens is 476 g/mol. The van der Waals surface area contributed by atoms with Gasteiger partial charge in [-0.2, -0.15) is 0 Å². The van der Waals surface area contributed by atoms with Crippen molar-refractivity contribution in [3.63, 3.8) is 0 Å². The van der Waals surface area contributed by atoms with E-state index in [0.29, 0.717) is 17.9 Å². The Labute approximate surface area is 226 Å². The fourth-order valence-electron chi connectivity index (χ4n) is 3.88. The second-order valence-corrected chi connectivity index (χ2v) is 10.7. The standard InChI is InChI=1S/C33H38O5/c1-9-32(4,5)31(35)38-29-18-14-26(21-23(29)3)33(6,7)25-13-17-28(22(2)20-25)37-30(34)19-12-24-10-15-27(36-8)16-11-24/h10-21H,9H2,1-8H3/b19-12+. The minimum Gasteiger partial charge on any atom is -0.497 e. The zero-order valence-corrected chi connectivity index (χ0v) is 23.7. The van der Waals surface area contributed by atoms with Gasteiger partial charge in [0.15, 0.2) is 0 Å². The lowest BCUT2D eigenvalue weighted by molar-refractivity contribution is -0.144. The van der Waals surface area contributed by atoms with E-state index in [9.17, 15) is 9.59 Å². The summed E-state index contributed by atoms with van der Waals surface area (Å²) in [6.45, 7) is 13.9. The smallest absolute Gasteiger partial charge is 0.336 e. The van der Waals surface area contributed by atoms with Crippen LogP contribution in [0.25, 0.3) is 6.08 Å². The molecule has 0 aliphatic carbocycles. The molecule has 3 aromatic carbocycles. The van der Waals surface area contributed by atoms with Crippen LogP contribution in [0.3, 0.4) is 0 Å². The molecule has 38 heavy (non-hydrogen) atoms. The van der Waals surface area contributed by atoms with E-state index in [1.807, 2.05) is 89.2 Å². The van der Waals surface area contributed by atoms with Gasteiger partial charge in [-0.1, -0.05) is 57.2 Å². The summed E-state index contributed by atoms with van der Waals surface area (Å²) in [5.74, 6) is 1.19. The van der Waals surface area contributed by atoms with Crippen LogP contribution in [0.1, 0.15) is 68.9 Å². The molecule has 0 heterocycles. The molecule has 0 spiro atoms. The average Bonchev–Trinajstić information content (AvgIpc) is 2.89. The SMILES string of the molecule is CCC(C)(C)C(=O)Oc1ccc(C(C)(C)c2ccc(OC(=O)/C=C/c3ccc(OC)cc3)c(C)c2)cc1C. The molecule has 0 unspecified atom stereocenters. The van der Waals surface area contributed by atoms with Gasteiger partial charge in [-0.25, -0.2) is 4.79 Å². The second-order valence-electron chi connectivity index (χ2n) is 10.7. The van der Waals surface area contributed by atoms with E-state index in [0.717, 1.165) is 33.6 Å². The first-order valence-corrected chi connectivity index (χ1v) is 12.9. The highest BCUT2D eigenvalue weighted by Crippen LogP contribution is 2.36. The first kappa shape index (κ1) is 28.7. The van der Waals surface area contributed by atoms with Gasteiger partial charge in [0.25, 0.3) is 0 Å². The van der Waals surface area contributed by atoms with Crippen LogP contribution in [-0.2, 0) is 15.0 Å². The molecular formula is C33H38O5. The van der Waals surface area contributed by atoms with Crippen LogP contribution in [0.15, 0.2) is 66.7 Å². The molecule has 0 bridgehead atoms. The molecule has 0 aliphatic heterocycles. The van der Waals surface area contributed by atoms with Crippen LogP contribution >= 0.6 is 0 Å². The molecule has 0 saturated carbocycles. The number of benzene rings is 3. The summed E-state index contributed by atoms with van der Waals surface area (Å²) in [6, 6.07) is 19.2. The van der Waals surface area contributed by atoms with E-state index in [-0.39, 0.29) is 11.4 Å². The van der Waals surface area contributed by atoms with Gasteiger partial charge in [0, 0.05) is 11.5 Å². The van der Waals surface area contributed by atoms with Crippen molar-refractivity contribution in [3.05, 3.63) is 94.6 Å². The molecule has 200 valence electrons. The third kappa shape index (κ3) is 6.71. The van der Waals surface area contributed by atoms with Gasteiger partial charge in [0.05, 0.1) is 12.5 Å². The lowest BCUT2D eigenvalue weighted by Crippen LogP contribution is -2.28. The fraction of sp³-hybridized carbons (Fsp3) is 0.333. The lowest BCUT2D eigenvalue weighted by Gasteiger charge is -2.28. The van der Waals surface area contributed by atoms with Crippen LogP contribution in [0.5, 0.6) is 17.2 Å². The van der Waals surface area contributed by atoms with Crippen LogP contribution in [-0.4, -0.2) is 19.0 Å². The lowest BCUT2D eigenvalue weighted by atomic mass is 9.77. The van der Waals surface area contributed by atoms with Gasteiger partial charge in [-0.3, -0.25) is 4.79 Å². The van der Waals surface area contributed by atoms with Crippen LogP contribution in [0, 0.1) is 19.3 Å². The molecule has 0 fully saturated rings. The Hall–Kier alpha value is -3.86. The maximum absolute atomic E-state index is 12.5. The molecule has 0 atom stereocenters. The number of methoxy groups -OCH3 is 1. The summed E-state index contributed by atoms with van der Waals surface area (Å²) >= 11 is 0. The van der Waals surface area contributed by atoms with Crippen molar-refractivity contribution in [2.45, 2.75) is 60.3 Å². The van der Waals surface area contributed by atoms with Crippen molar-refractivity contribution in [2.75, 3.05) is 7.11 Å². The molecule has 0 saturated heterocycles. The monoisotopic (exact) mass is 514 g/mol. The second kappa shape index (κ2) is 11.7. The van der Waals surface area contributed by atoms with Gasteiger partial charge in [-0.05, 0) is 92.3 Å². The van der Waals surface area contributed by atoms with Gasteiger partial charge in [0.2, 0.25) is 0 Å². The number of carbonyl (C=O) groups is 2. The normalized spacial score (nSPS) is 11.9. The number of hydrogen-bond acceptors (Lipinski definition) is 5. The largest absolute Gasteiger partial charge is 0.497 e. The zero-order chi connectivity index (χ0) is 28.1. The topological polar surface area (TPSA) is 61.8 Å². The average molecular weight is 515 g/mol. The van der Waals surface area contributed by atoms with Gasteiger partial charge < -0.3 is 14.2 Å². The predicted molar refractivity (Wildman–Crippen MR) is 152 cm³/mol. The zero-order valence-electron chi connectivity index (χ0n) is 23.7. The number of hydrogen-bond donors (Lipinski definition) is 0. The minimum atomic E-state index is -0.529. The molecule has 3 rings (SSSR count). The summed E-state index contributed by atoms with van der Waals surface area (Å²) < 4.78 is 16.5. The third-order valence-corrected chi connectivity index (χ3v) is 7.17. The van der Waals surface area contributed by atoms with E-state index in [1.54, 1.807) is 13.2 Å². The highest BCUT2D eigenvalue weighted by molar-refractivity contribution is 5.89. The maximum atomic E-state index is 12.5. The molecule has 0 aliphatic rings. The van der Waals surface area contributed by atoms with Crippen molar-refractivity contribution in [1.82, 2.24) is 0 Å². The van der Waals surface area contributed by atoms with E-state index in [2.05, 4.69) is 19.9 Å². The number of aryl methyl sites for hydroxylation is 2. The van der Waals surface area contributed by atoms with E-state index in [1.165, 1.54) is 6.08 Å². The first-order chi connectivity index (χ1) is 17.9. The Balaban J connectivity index is 1.73. The van der Waals surface area contributed by atoms with E-state index in [4.69, 9.17) is 14.2 Å². The Morgan fingerprint density at radius 1 is 0.789 bits per heavy atom. The Morgan fingerprint density at radius 3 is 1.79 bits per heavy atom. The first-order valence-electron chi connectivity index (χ1n) is 12.9. The molecule has 0 N–H and O–H groups in total. The maximum Gasteiger partial charge on any atom is 0.336 e. The van der Waals surface area contributed by atoms with E-state index < -0.39 is 11.4 Å². The van der Waals surface area contributed by atoms with E-state index >= 15 is 0 Å². The number of carbonyl (C=O) groups excluding carboxylic acids is 2. The fourth-order valence-corrected chi connectivity index (χ4v) is 3.88. The molecule has 5 nitrogen and oxygen atoms in total. The van der Waals surface area contributed by atoms with Gasteiger partial charge >= 0.3 is 11.9 Å². The summed E-state index contributed by atoms with van der Waals surface area (Å²) in [5.41, 5.74) is 3.97. The Kier molecular flexibility index (Phi) is 8.82. The number of ether oxygens (including phenoxy) is 3. The van der Waals surface area contributed by atoms with Crippen molar-refractivity contribution >= 4 is 18.0 Å². The summed E-state index contributed by atoms with van der Waals surface area (Å²) in [6.07, 6.45) is 3.83. The van der Waals surface area contributed by atoms with Crippen molar-refractivity contribution < 1.29 is 23.8 Å². The number of esters is 2.